The number of carbonyl (C=O) groups is 3. The van der Waals surface area contributed by atoms with Crippen LogP contribution in [-0.2, 0) is 0 Å². The summed E-state index contributed by atoms with van der Waals surface area (Å²) < 4.78 is 11.0. The molecular weight excluding hydrogens is 606 g/mol. The van der Waals surface area contributed by atoms with E-state index in [4.69, 9.17) is 9.47 Å². The Hall–Kier alpha value is -5.22. The smallest absolute Gasteiger partial charge is 0.269 e. The summed E-state index contributed by atoms with van der Waals surface area (Å²) in [5.74, 6) is 0.131. The highest BCUT2D eigenvalue weighted by molar-refractivity contribution is 6.24. The van der Waals surface area contributed by atoms with E-state index in [1.807, 2.05) is 30.3 Å². The minimum Gasteiger partial charge on any atom is -0.493 e. The molecule has 2 aliphatic rings. The van der Waals surface area contributed by atoms with Gasteiger partial charge in [-0.25, -0.2) is 0 Å². The third kappa shape index (κ3) is 6.61. The molecule has 3 amide bonds. The number of benzene rings is 3. The van der Waals surface area contributed by atoms with Crippen molar-refractivity contribution in [2.75, 3.05) is 51.8 Å². The van der Waals surface area contributed by atoms with Crippen molar-refractivity contribution in [3.8, 4) is 11.5 Å². The Balaban J connectivity index is 1.22. The summed E-state index contributed by atoms with van der Waals surface area (Å²) in [6.07, 6.45) is 2.51. The zero-order valence-corrected chi connectivity index (χ0v) is 27.6. The maximum atomic E-state index is 14.4. The number of nitrogens with one attached hydrogen (secondary N) is 1. The highest BCUT2D eigenvalue weighted by atomic mass is 16.5. The molecule has 6 rings (SSSR count). The lowest BCUT2D eigenvalue weighted by atomic mass is 9.99. The van der Waals surface area contributed by atoms with Crippen LogP contribution in [0.15, 0.2) is 91.1 Å². The van der Waals surface area contributed by atoms with Gasteiger partial charge >= 0.3 is 0 Å². The van der Waals surface area contributed by atoms with Crippen LogP contribution in [0.2, 0.25) is 0 Å². The van der Waals surface area contributed by atoms with Gasteiger partial charge in [0.05, 0.1) is 37.1 Å². The van der Waals surface area contributed by atoms with Crippen molar-refractivity contribution in [2.24, 2.45) is 0 Å². The zero-order valence-electron chi connectivity index (χ0n) is 27.6. The molecule has 0 spiro atoms. The summed E-state index contributed by atoms with van der Waals surface area (Å²) in [7, 11) is 3.12. The van der Waals surface area contributed by atoms with Gasteiger partial charge < -0.3 is 19.7 Å². The molecule has 0 saturated carbocycles. The molecule has 0 bridgehead atoms. The van der Waals surface area contributed by atoms with Crippen LogP contribution in [0.5, 0.6) is 11.5 Å². The summed E-state index contributed by atoms with van der Waals surface area (Å²) in [5, 5.41) is 2.91. The first-order chi connectivity index (χ1) is 23.4. The third-order valence-corrected chi connectivity index (χ3v) is 9.35. The molecule has 48 heavy (non-hydrogen) atoms. The molecule has 1 aromatic heterocycles. The number of carbonyl (C=O) groups excluding carboxylic acids is 3. The molecule has 0 aliphatic carbocycles. The number of imide groups is 1. The fourth-order valence-electron chi connectivity index (χ4n) is 6.71. The highest BCUT2D eigenvalue weighted by Gasteiger charge is 2.43. The number of piperazine rings is 1. The van der Waals surface area contributed by atoms with E-state index in [9.17, 15) is 14.4 Å². The highest BCUT2D eigenvalue weighted by Crippen LogP contribution is 2.40. The summed E-state index contributed by atoms with van der Waals surface area (Å²) in [4.78, 5) is 51.3. The molecule has 10 nitrogen and oxygen atoms in total. The van der Waals surface area contributed by atoms with Gasteiger partial charge in [-0.15, -0.1) is 0 Å². The Morgan fingerprint density at radius 2 is 1.58 bits per heavy atom. The molecule has 0 unspecified atom stereocenters. The number of anilines is 1. The van der Waals surface area contributed by atoms with Crippen LogP contribution in [0.3, 0.4) is 0 Å². The second kappa shape index (κ2) is 14.7. The van der Waals surface area contributed by atoms with Crippen molar-refractivity contribution in [2.45, 2.75) is 31.8 Å². The van der Waals surface area contributed by atoms with E-state index in [-0.39, 0.29) is 23.8 Å². The Morgan fingerprint density at radius 1 is 0.833 bits per heavy atom. The number of aromatic nitrogens is 1. The van der Waals surface area contributed by atoms with Crippen molar-refractivity contribution >= 4 is 23.4 Å². The maximum absolute atomic E-state index is 14.4. The number of amides is 3. The summed E-state index contributed by atoms with van der Waals surface area (Å²) in [5.41, 5.74) is 3.99. The van der Waals surface area contributed by atoms with E-state index < -0.39 is 6.04 Å². The van der Waals surface area contributed by atoms with Crippen LogP contribution < -0.4 is 19.7 Å². The van der Waals surface area contributed by atoms with E-state index in [1.165, 1.54) is 10.5 Å². The molecule has 3 aromatic carbocycles. The second-order valence-electron chi connectivity index (χ2n) is 12.0. The molecule has 0 radical (unpaired) electrons. The van der Waals surface area contributed by atoms with Crippen LogP contribution >= 0.6 is 0 Å². The van der Waals surface area contributed by atoms with Gasteiger partial charge in [0, 0.05) is 45.0 Å². The SMILES string of the molecule is COc1ccc([C@@H](CCCNC(=O)c2ccccn2)N2C(=O)c3cccc(N4CCN([C@H](C)c5ccccc5)CC4)c3C2=O)cc1OC. The minimum atomic E-state index is -0.597. The Kier molecular flexibility index (Phi) is 10.0. The van der Waals surface area contributed by atoms with Crippen LogP contribution in [0.25, 0.3) is 0 Å². The van der Waals surface area contributed by atoms with E-state index in [2.05, 4.69) is 51.3 Å². The number of methoxy groups -OCH3 is 2. The molecular formula is C38H41N5O5. The Morgan fingerprint density at radius 3 is 2.29 bits per heavy atom. The number of pyridine rings is 1. The van der Waals surface area contributed by atoms with Gasteiger partial charge in [-0.3, -0.25) is 29.2 Å². The Bertz CT molecular complexity index is 1760. The zero-order chi connectivity index (χ0) is 33.6. The van der Waals surface area contributed by atoms with Crippen molar-refractivity contribution in [1.29, 1.82) is 0 Å². The number of rotatable bonds is 12. The van der Waals surface area contributed by atoms with Crippen LogP contribution in [0, 0.1) is 0 Å². The molecule has 1 fully saturated rings. The van der Waals surface area contributed by atoms with Gasteiger partial charge in [-0.05, 0) is 67.3 Å². The van der Waals surface area contributed by atoms with E-state index in [0.29, 0.717) is 47.7 Å². The van der Waals surface area contributed by atoms with E-state index in [0.717, 1.165) is 37.4 Å². The van der Waals surface area contributed by atoms with Crippen molar-refractivity contribution in [1.82, 2.24) is 20.1 Å². The fourth-order valence-corrected chi connectivity index (χ4v) is 6.71. The van der Waals surface area contributed by atoms with Crippen LogP contribution in [0.4, 0.5) is 5.69 Å². The van der Waals surface area contributed by atoms with Gasteiger partial charge in [0.15, 0.2) is 11.5 Å². The quantitative estimate of drug-likeness (QED) is 0.158. The molecule has 3 heterocycles. The second-order valence-corrected chi connectivity index (χ2v) is 12.0. The first-order valence-electron chi connectivity index (χ1n) is 16.4. The minimum absolute atomic E-state index is 0.276. The van der Waals surface area contributed by atoms with Gasteiger partial charge in [-0.2, -0.15) is 0 Å². The average molecular weight is 648 g/mol. The number of nitrogens with zero attached hydrogens (tertiary/aromatic N) is 4. The van der Waals surface area contributed by atoms with Crippen molar-refractivity contribution in [3.63, 3.8) is 0 Å². The Labute approximate surface area is 281 Å². The molecule has 2 aliphatic heterocycles. The van der Waals surface area contributed by atoms with E-state index in [1.54, 1.807) is 50.7 Å². The van der Waals surface area contributed by atoms with Gasteiger partial charge in [0.25, 0.3) is 17.7 Å². The summed E-state index contributed by atoms with van der Waals surface area (Å²) in [6.45, 7) is 5.73. The van der Waals surface area contributed by atoms with Crippen LogP contribution in [0.1, 0.15) is 74.2 Å². The lowest BCUT2D eigenvalue weighted by Crippen LogP contribution is -2.47. The fraction of sp³-hybridized carbons (Fsp3) is 0.316. The lowest BCUT2D eigenvalue weighted by Gasteiger charge is -2.39. The number of hydrogen-bond donors (Lipinski definition) is 1. The van der Waals surface area contributed by atoms with Crippen molar-refractivity contribution < 1.29 is 23.9 Å². The van der Waals surface area contributed by atoms with Gasteiger partial charge in [0.1, 0.15) is 5.69 Å². The lowest BCUT2D eigenvalue weighted by molar-refractivity contribution is 0.0570. The number of ether oxygens (including phenoxy) is 2. The van der Waals surface area contributed by atoms with Gasteiger partial charge in [-0.1, -0.05) is 48.5 Å². The monoisotopic (exact) mass is 647 g/mol. The summed E-state index contributed by atoms with van der Waals surface area (Å²) >= 11 is 0. The third-order valence-electron chi connectivity index (χ3n) is 9.35. The normalized spacial score (nSPS) is 16.0. The maximum Gasteiger partial charge on any atom is 0.269 e. The largest absolute Gasteiger partial charge is 0.493 e. The predicted molar refractivity (Wildman–Crippen MR) is 184 cm³/mol. The standard InChI is InChI=1S/C38H41N5O5/c1-26(27-11-5-4-6-12-27)41-21-23-42(24-22-41)32-15-9-13-29-35(32)38(46)43(37(29)45)31(28-17-18-33(47-2)34(25-28)48-3)16-10-20-40-36(44)30-14-7-8-19-39-30/h4-9,11-15,17-19,25-26,31H,10,16,20-24H2,1-3H3,(H,40,44)/t26-,31-/m1/s1. The average Bonchev–Trinajstić information content (AvgIpc) is 3.40. The van der Waals surface area contributed by atoms with Gasteiger partial charge in [0.2, 0.25) is 0 Å². The first kappa shape index (κ1) is 32.7. The number of hydrogen-bond acceptors (Lipinski definition) is 8. The molecule has 4 aromatic rings. The van der Waals surface area contributed by atoms with E-state index >= 15 is 0 Å². The predicted octanol–water partition coefficient (Wildman–Crippen LogP) is 5.53. The molecule has 1 N–H and O–H groups in total. The molecule has 10 heteroatoms. The molecule has 248 valence electrons. The molecule has 1 saturated heterocycles. The molecule has 2 atom stereocenters. The number of fused-ring (bicyclic) bond motifs is 1. The van der Waals surface area contributed by atoms with Crippen molar-refractivity contribution in [3.05, 3.63) is 119 Å². The topological polar surface area (TPSA) is 104 Å². The summed E-state index contributed by atoms with van der Waals surface area (Å²) in [6, 6.07) is 26.3. The first-order valence-corrected chi connectivity index (χ1v) is 16.4. The van der Waals surface area contributed by atoms with Crippen LogP contribution in [-0.4, -0.2) is 79.4 Å².